The van der Waals surface area contributed by atoms with Gasteiger partial charge in [0, 0.05) is 32.0 Å². The Hall–Kier alpha value is -1.70. The maximum atomic E-state index is 13.6. The molecule has 136 valence electrons. The van der Waals surface area contributed by atoms with Crippen LogP contribution >= 0.6 is 24.0 Å². The first-order valence-electron chi connectivity index (χ1n) is 8.35. The molecule has 0 aliphatic heterocycles. The van der Waals surface area contributed by atoms with Crippen LogP contribution in [0.1, 0.15) is 23.6 Å². The van der Waals surface area contributed by atoms with Crippen LogP contribution < -0.4 is 10.6 Å². The highest BCUT2D eigenvalue weighted by atomic mass is 127. The van der Waals surface area contributed by atoms with Crippen molar-refractivity contribution >= 4 is 29.9 Å². The fourth-order valence-corrected chi connectivity index (χ4v) is 2.43. The standard InChI is InChI=1S/C19H25FN4.HI/c1-3-22-19(23-12-9-16-8-11-21-14-15(16)2)24-13-10-17-6-4-5-7-18(17)20;/h4-8,11,14H,3,9-10,12-13H2,1-2H3,(H2,22,23,24);1H. The molecule has 2 aromatic rings. The van der Waals surface area contributed by atoms with Crippen molar-refractivity contribution < 1.29 is 4.39 Å². The van der Waals surface area contributed by atoms with Crippen molar-refractivity contribution in [3.05, 3.63) is 65.2 Å². The summed E-state index contributed by atoms with van der Waals surface area (Å²) in [5, 5.41) is 6.47. The van der Waals surface area contributed by atoms with E-state index < -0.39 is 0 Å². The zero-order chi connectivity index (χ0) is 17.2. The third-order valence-corrected chi connectivity index (χ3v) is 3.78. The van der Waals surface area contributed by atoms with Gasteiger partial charge in [-0.05, 0) is 55.5 Å². The highest BCUT2D eigenvalue weighted by Crippen LogP contribution is 2.07. The minimum atomic E-state index is -0.158. The highest BCUT2D eigenvalue weighted by Gasteiger charge is 2.02. The van der Waals surface area contributed by atoms with Crippen molar-refractivity contribution in [3.63, 3.8) is 0 Å². The van der Waals surface area contributed by atoms with Crippen LogP contribution in [0, 0.1) is 12.7 Å². The molecule has 0 spiro atoms. The zero-order valence-electron chi connectivity index (χ0n) is 14.8. The summed E-state index contributed by atoms with van der Waals surface area (Å²) in [6.07, 6.45) is 5.18. The predicted octanol–water partition coefficient (Wildman–Crippen LogP) is 3.49. The molecular weight excluding hydrogens is 430 g/mol. The molecule has 0 unspecified atom stereocenters. The summed E-state index contributed by atoms with van der Waals surface area (Å²) in [5.74, 6) is 0.606. The van der Waals surface area contributed by atoms with Crippen LogP contribution in [0.5, 0.6) is 0 Å². The summed E-state index contributed by atoms with van der Waals surface area (Å²) < 4.78 is 13.6. The van der Waals surface area contributed by atoms with E-state index >= 15 is 0 Å². The monoisotopic (exact) mass is 456 g/mol. The average molecular weight is 456 g/mol. The normalized spacial score (nSPS) is 10.9. The van der Waals surface area contributed by atoms with E-state index in [-0.39, 0.29) is 29.8 Å². The molecule has 1 aromatic carbocycles. The molecule has 1 heterocycles. The lowest BCUT2D eigenvalue weighted by Gasteiger charge is -2.12. The molecule has 25 heavy (non-hydrogen) atoms. The second kappa shape index (κ2) is 11.8. The summed E-state index contributed by atoms with van der Waals surface area (Å²) in [4.78, 5) is 8.69. The van der Waals surface area contributed by atoms with Gasteiger partial charge in [0.05, 0.1) is 0 Å². The summed E-state index contributed by atoms with van der Waals surface area (Å²) >= 11 is 0. The van der Waals surface area contributed by atoms with E-state index in [0.29, 0.717) is 25.1 Å². The van der Waals surface area contributed by atoms with Gasteiger partial charge in [-0.3, -0.25) is 9.98 Å². The molecular formula is C19H26FIN4. The smallest absolute Gasteiger partial charge is 0.191 e. The minimum Gasteiger partial charge on any atom is -0.357 e. The van der Waals surface area contributed by atoms with Gasteiger partial charge in [0.1, 0.15) is 5.82 Å². The van der Waals surface area contributed by atoms with Gasteiger partial charge in [0.15, 0.2) is 5.96 Å². The Morgan fingerprint density at radius 1 is 1.12 bits per heavy atom. The fourth-order valence-electron chi connectivity index (χ4n) is 2.43. The van der Waals surface area contributed by atoms with E-state index in [0.717, 1.165) is 18.9 Å². The lowest BCUT2D eigenvalue weighted by atomic mass is 10.1. The lowest BCUT2D eigenvalue weighted by molar-refractivity contribution is 0.606. The van der Waals surface area contributed by atoms with Gasteiger partial charge < -0.3 is 10.6 Å². The van der Waals surface area contributed by atoms with E-state index in [1.165, 1.54) is 17.2 Å². The minimum absolute atomic E-state index is 0. The van der Waals surface area contributed by atoms with Gasteiger partial charge in [0.2, 0.25) is 0 Å². The first-order valence-corrected chi connectivity index (χ1v) is 8.35. The number of hydrogen-bond donors (Lipinski definition) is 2. The van der Waals surface area contributed by atoms with Crippen molar-refractivity contribution in [3.8, 4) is 0 Å². The molecule has 0 saturated heterocycles. The van der Waals surface area contributed by atoms with E-state index in [9.17, 15) is 4.39 Å². The maximum Gasteiger partial charge on any atom is 0.191 e. The van der Waals surface area contributed by atoms with Crippen molar-refractivity contribution in [1.82, 2.24) is 15.6 Å². The molecule has 2 N–H and O–H groups in total. The molecule has 4 nitrogen and oxygen atoms in total. The van der Waals surface area contributed by atoms with Crippen molar-refractivity contribution in [2.24, 2.45) is 4.99 Å². The molecule has 0 atom stereocenters. The highest BCUT2D eigenvalue weighted by molar-refractivity contribution is 14.0. The molecule has 0 amide bonds. The van der Waals surface area contributed by atoms with E-state index in [1.807, 2.05) is 37.5 Å². The van der Waals surface area contributed by atoms with Crippen LogP contribution in [0.3, 0.4) is 0 Å². The van der Waals surface area contributed by atoms with Gasteiger partial charge in [-0.25, -0.2) is 4.39 Å². The Morgan fingerprint density at radius 3 is 2.64 bits per heavy atom. The summed E-state index contributed by atoms with van der Waals surface area (Å²) in [5.41, 5.74) is 3.16. The number of rotatable bonds is 7. The first kappa shape index (κ1) is 21.3. The number of benzene rings is 1. The number of aromatic nitrogens is 1. The van der Waals surface area contributed by atoms with Crippen LogP contribution in [0.2, 0.25) is 0 Å². The Bertz CT molecular complexity index is 676. The predicted molar refractivity (Wildman–Crippen MR) is 112 cm³/mol. The Labute approximate surface area is 166 Å². The number of guanidine groups is 1. The Kier molecular flexibility index (Phi) is 10.1. The van der Waals surface area contributed by atoms with Gasteiger partial charge in [-0.15, -0.1) is 24.0 Å². The topological polar surface area (TPSA) is 49.3 Å². The average Bonchev–Trinajstić information content (AvgIpc) is 2.58. The van der Waals surface area contributed by atoms with Crippen LogP contribution in [0.15, 0.2) is 47.7 Å². The van der Waals surface area contributed by atoms with Crippen LogP contribution in [-0.2, 0) is 12.8 Å². The van der Waals surface area contributed by atoms with E-state index in [4.69, 9.17) is 0 Å². The number of pyridine rings is 1. The Balaban J connectivity index is 0.00000312. The molecule has 0 fully saturated rings. The SMILES string of the molecule is CCNC(=NCCc1ccncc1C)NCCc1ccccc1F.I. The second-order valence-electron chi connectivity index (χ2n) is 5.58. The Morgan fingerprint density at radius 2 is 1.92 bits per heavy atom. The number of hydrogen-bond acceptors (Lipinski definition) is 2. The summed E-state index contributed by atoms with van der Waals surface area (Å²) in [7, 11) is 0. The zero-order valence-corrected chi connectivity index (χ0v) is 17.1. The van der Waals surface area contributed by atoms with Gasteiger partial charge in [-0.1, -0.05) is 18.2 Å². The third-order valence-electron chi connectivity index (χ3n) is 3.78. The molecule has 0 aliphatic rings. The van der Waals surface area contributed by atoms with Crippen molar-refractivity contribution in [2.75, 3.05) is 19.6 Å². The maximum absolute atomic E-state index is 13.6. The molecule has 6 heteroatoms. The summed E-state index contributed by atoms with van der Waals surface area (Å²) in [6, 6.07) is 8.90. The number of nitrogens with zero attached hydrogens (tertiary/aromatic N) is 2. The molecule has 0 radical (unpaired) electrons. The molecule has 0 aliphatic carbocycles. The molecule has 2 rings (SSSR count). The van der Waals surface area contributed by atoms with Crippen LogP contribution in [-0.4, -0.2) is 30.6 Å². The number of halogens is 2. The third kappa shape index (κ3) is 7.37. The summed E-state index contributed by atoms with van der Waals surface area (Å²) in [6.45, 7) is 6.21. The molecule has 0 bridgehead atoms. The number of aryl methyl sites for hydroxylation is 1. The lowest BCUT2D eigenvalue weighted by Crippen LogP contribution is -2.38. The molecule has 0 saturated carbocycles. The van der Waals surface area contributed by atoms with Crippen molar-refractivity contribution in [1.29, 1.82) is 0 Å². The van der Waals surface area contributed by atoms with E-state index in [2.05, 4.69) is 27.5 Å². The van der Waals surface area contributed by atoms with Crippen molar-refractivity contribution in [2.45, 2.75) is 26.7 Å². The first-order chi connectivity index (χ1) is 11.7. The van der Waals surface area contributed by atoms with Gasteiger partial charge in [-0.2, -0.15) is 0 Å². The van der Waals surface area contributed by atoms with Gasteiger partial charge in [0.25, 0.3) is 0 Å². The van der Waals surface area contributed by atoms with E-state index in [1.54, 1.807) is 6.07 Å². The van der Waals surface area contributed by atoms with Crippen LogP contribution in [0.4, 0.5) is 4.39 Å². The van der Waals surface area contributed by atoms with Crippen LogP contribution in [0.25, 0.3) is 0 Å². The number of nitrogens with one attached hydrogen (secondary N) is 2. The largest absolute Gasteiger partial charge is 0.357 e. The second-order valence-corrected chi connectivity index (χ2v) is 5.58. The fraction of sp³-hybridized carbons (Fsp3) is 0.368. The van der Waals surface area contributed by atoms with Gasteiger partial charge >= 0.3 is 0 Å². The molecule has 1 aromatic heterocycles. The number of aliphatic imine (C=N–C) groups is 1. The quantitative estimate of drug-likeness (QED) is 0.381.